The van der Waals surface area contributed by atoms with Gasteiger partial charge in [-0.1, -0.05) is 41.4 Å². The molecule has 110 valence electrons. The molecule has 0 aliphatic heterocycles. The van der Waals surface area contributed by atoms with Gasteiger partial charge in [-0.05, 0) is 46.6 Å². The van der Waals surface area contributed by atoms with Gasteiger partial charge in [0.05, 0.1) is 12.1 Å². The maximum absolute atomic E-state index is 12.1. The number of rotatable bonds is 4. The third-order valence-electron chi connectivity index (χ3n) is 3.04. The van der Waals surface area contributed by atoms with Crippen molar-refractivity contribution in [2.75, 3.05) is 12.4 Å². The van der Waals surface area contributed by atoms with Crippen molar-refractivity contribution in [3.05, 3.63) is 63.1 Å². The highest BCUT2D eigenvalue weighted by atomic mass is 79.9. The van der Waals surface area contributed by atoms with Gasteiger partial charge >= 0.3 is 5.97 Å². The number of ether oxygens (including phenoxy) is 1. The van der Waals surface area contributed by atoms with Crippen LogP contribution in [0.2, 0.25) is 5.02 Å². The second-order valence-electron chi connectivity index (χ2n) is 4.64. The van der Waals surface area contributed by atoms with Crippen LogP contribution in [0.5, 0.6) is 0 Å². The summed E-state index contributed by atoms with van der Waals surface area (Å²) in [7, 11) is 1.38. The SMILES string of the molecule is COC(=O)C(Nc1ccc(Cl)c(Br)c1)c1cccc(C)c1. The van der Waals surface area contributed by atoms with Crippen LogP contribution in [-0.4, -0.2) is 13.1 Å². The molecule has 0 saturated carbocycles. The second-order valence-corrected chi connectivity index (χ2v) is 5.91. The molecular formula is C16H15BrClNO2. The lowest BCUT2D eigenvalue weighted by Gasteiger charge is -2.19. The zero-order chi connectivity index (χ0) is 15.4. The first-order valence-corrected chi connectivity index (χ1v) is 7.54. The first-order chi connectivity index (χ1) is 10.0. The molecule has 1 N–H and O–H groups in total. The molecule has 1 unspecified atom stereocenters. The third-order valence-corrected chi connectivity index (χ3v) is 4.26. The molecule has 0 aromatic heterocycles. The molecule has 1 atom stereocenters. The Labute approximate surface area is 137 Å². The van der Waals surface area contributed by atoms with Crippen LogP contribution in [0.1, 0.15) is 17.2 Å². The Morgan fingerprint density at radius 2 is 2.05 bits per heavy atom. The maximum Gasteiger partial charge on any atom is 0.332 e. The summed E-state index contributed by atoms with van der Waals surface area (Å²) in [6, 6.07) is 12.6. The first kappa shape index (κ1) is 15.9. The van der Waals surface area contributed by atoms with Crippen molar-refractivity contribution in [2.24, 2.45) is 0 Å². The number of aryl methyl sites for hydroxylation is 1. The van der Waals surface area contributed by atoms with E-state index in [1.807, 2.05) is 43.3 Å². The van der Waals surface area contributed by atoms with Crippen molar-refractivity contribution in [3.8, 4) is 0 Å². The molecule has 0 amide bonds. The molecule has 2 aromatic rings. The smallest absolute Gasteiger partial charge is 0.332 e. The van der Waals surface area contributed by atoms with Crippen LogP contribution in [-0.2, 0) is 9.53 Å². The minimum atomic E-state index is -0.567. The zero-order valence-electron chi connectivity index (χ0n) is 11.7. The summed E-state index contributed by atoms with van der Waals surface area (Å²) in [4.78, 5) is 12.1. The van der Waals surface area contributed by atoms with E-state index in [-0.39, 0.29) is 5.97 Å². The van der Waals surface area contributed by atoms with E-state index >= 15 is 0 Å². The van der Waals surface area contributed by atoms with Crippen LogP contribution in [0.3, 0.4) is 0 Å². The van der Waals surface area contributed by atoms with Crippen LogP contribution in [0.15, 0.2) is 46.9 Å². The van der Waals surface area contributed by atoms with E-state index in [4.69, 9.17) is 16.3 Å². The van der Waals surface area contributed by atoms with Crippen LogP contribution in [0.25, 0.3) is 0 Å². The van der Waals surface area contributed by atoms with E-state index in [0.717, 1.165) is 21.3 Å². The van der Waals surface area contributed by atoms with Crippen molar-refractivity contribution in [1.29, 1.82) is 0 Å². The van der Waals surface area contributed by atoms with Crippen molar-refractivity contribution in [2.45, 2.75) is 13.0 Å². The Kier molecular flexibility index (Phi) is 5.26. The number of esters is 1. The average molecular weight is 369 g/mol. The van der Waals surface area contributed by atoms with E-state index in [1.54, 1.807) is 6.07 Å². The second kappa shape index (κ2) is 6.96. The first-order valence-electron chi connectivity index (χ1n) is 6.37. The molecule has 0 saturated heterocycles. The van der Waals surface area contributed by atoms with Crippen molar-refractivity contribution >= 4 is 39.2 Å². The summed E-state index contributed by atoms with van der Waals surface area (Å²) in [6.07, 6.45) is 0. The van der Waals surface area contributed by atoms with E-state index in [2.05, 4.69) is 21.2 Å². The Morgan fingerprint density at radius 3 is 2.67 bits per heavy atom. The zero-order valence-corrected chi connectivity index (χ0v) is 14.0. The molecule has 0 fully saturated rings. The number of hydrogen-bond donors (Lipinski definition) is 1. The quantitative estimate of drug-likeness (QED) is 0.792. The topological polar surface area (TPSA) is 38.3 Å². The van der Waals surface area contributed by atoms with Crippen molar-refractivity contribution in [1.82, 2.24) is 0 Å². The Morgan fingerprint density at radius 1 is 1.29 bits per heavy atom. The van der Waals surface area contributed by atoms with E-state index in [1.165, 1.54) is 7.11 Å². The fourth-order valence-electron chi connectivity index (χ4n) is 2.00. The van der Waals surface area contributed by atoms with Gasteiger partial charge in [0.1, 0.15) is 0 Å². The van der Waals surface area contributed by atoms with Gasteiger partial charge in [0.25, 0.3) is 0 Å². The highest BCUT2D eigenvalue weighted by Crippen LogP contribution is 2.28. The summed E-state index contributed by atoms with van der Waals surface area (Å²) < 4.78 is 5.66. The molecule has 0 aliphatic rings. The predicted molar refractivity (Wildman–Crippen MR) is 88.7 cm³/mol. The summed E-state index contributed by atoms with van der Waals surface area (Å²) in [5, 5.41) is 3.79. The summed E-state index contributed by atoms with van der Waals surface area (Å²) in [5.74, 6) is -0.341. The maximum atomic E-state index is 12.1. The van der Waals surface area contributed by atoms with Gasteiger partial charge in [0.2, 0.25) is 0 Å². The number of nitrogens with one attached hydrogen (secondary N) is 1. The average Bonchev–Trinajstić information content (AvgIpc) is 2.47. The highest BCUT2D eigenvalue weighted by molar-refractivity contribution is 9.10. The van der Waals surface area contributed by atoms with Gasteiger partial charge in [0, 0.05) is 10.2 Å². The molecule has 0 spiro atoms. The molecule has 3 nitrogen and oxygen atoms in total. The van der Waals surface area contributed by atoms with E-state index in [9.17, 15) is 4.79 Å². The lowest BCUT2D eigenvalue weighted by molar-refractivity contribution is -0.141. The van der Waals surface area contributed by atoms with Gasteiger partial charge in [-0.25, -0.2) is 4.79 Å². The van der Waals surface area contributed by atoms with Gasteiger partial charge in [-0.15, -0.1) is 0 Å². The molecule has 0 heterocycles. The normalized spacial score (nSPS) is 11.8. The summed E-state index contributed by atoms with van der Waals surface area (Å²) in [5.41, 5.74) is 2.72. The number of benzene rings is 2. The molecule has 21 heavy (non-hydrogen) atoms. The third kappa shape index (κ3) is 3.99. The Balaban J connectivity index is 2.32. The van der Waals surface area contributed by atoms with Crippen LogP contribution < -0.4 is 5.32 Å². The van der Waals surface area contributed by atoms with Gasteiger partial charge in [-0.3, -0.25) is 0 Å². The van der Waals surface area contributed by atoms with Gasteiger partial charge < -0.3 is 10.1 Å². The molecule has 0 radical (unpaired) electrons. The van der Waals surface area contributed by atoms with Crippen LogP contribution in [0.4, 0.5) is 5.69 Å². The number of hydrogen-bond acceptors (Lipinski definition) is 3. The number of anilines is 1. The lowest BCUT2D eigenvalue weighted by Crippen LogP contribution is -2.22. The minimum absolute atomic E-state index is 0.341. The molecule has 2 aromatic carbocycles. The standard InChI is InChI=1S/C16H15BrClNO2/c1-10-4-3-5-11(8-10)15(16(20)21-2)19-12-6-7-14(18)13(17)9-12/h3-9,15,19H,1-2H3. The fraction of sp³-hybridized carbons (Fsp3) is 0.188. The molecule has 0 aliphatic carbocycles. The fourth-order valence-corrected chi connectivity index (χ4v) is 2.49. The van der Waals surface area contributed by atoms with Gasteiger partial charge in [0.15, 0.2) is 6.04 Å². The molecule has 0 bridgehead atoms. The number of methoxy groups -OCH3 is 1. The minimum Gasteiger partial charge on any atom is -0.467 e. The van der Waals surface area contributed by atoms with Crippen molar-refractivity contribution < 1.29 is 9.53 Å². The van der Waals surface area contributed by atoms with Crippen LogP contribution in [0, 0.1) is 6.92 Å². The van der Waals surface area contributed by atoms with E-state index in [0.29, 0.717) is 5.02 Å². The van der Waals surface area contributed by atoms with E-state index < -0.39 is 6.04 Å². The predicted octanol–water partition coefficient (Wildman–Crippen LogP) is 4.74. The molecular weight excluding hydrogens is 354 g/mol. The number of carbonyl (C=O) groups is 1. The van der Waals surface area contributed by atoms with Crippen molar-refractivity contribution in [3.63, 3.8) is 0 Å². The Hall–Kier alpha value is -1.52. The molecule has 5 heteroatoms. The lowest BCUT2D eigenvalue weighted by atomic mass is 10.0. The Bertz CT molecular complexity index is 660. The number of carbonyl (C=O) groups excluding carboxylic acids is 1. The summed E-state index contributed by atoms with van der Waals surface area (Å²) in [6.45, 7) is 1.98. The van der Waals surface area contributed by atoms with Gasteiger partial charge in [-0.2, -0.15) is 0 Å². The largest absolute Gasteiger partial charge is 0.467 e. The summed E-state index contributed by atoms with van der Waals surface area (Å²) >= 11 is 9.35. The monoisotopic (exact) mass is 367 g/mol. The molecule has 2 rings (SSSR count). The van der Waals surface area contributed by atoms with Crippen LogP contribution >= 0.6 is 27.5 Å². The number of halogens is 2. The highest BCUT2D eigenvalue weighted by Gasteiger charge is 2.21.